The number of hydrazine groups is 1. The number of halogens is 2. The molecular weight excluding hydrogens is 697 g/mol. The highest BCUT2D eigenvalue weighted by Crippen LogP contribution is 2.43. The Morgan fingerprint density at radius 1 is 1.00 bits per heavy atom. The Balaban J connectivity index is 1.37. The first-order chi connectivity index (χ1) is 24.9. The number of amidine groups is 1. The normalized spacial score (nSPS) is 13.7. The summed E-state index contributed by atoms with van der Waals surface area (Å²) in [6.45, 7) is 9.64. The SMILES string of the molecule is Cc1cc(OCCCc2c3n(c4c(-c5c(C)nn(C)c5C)c(Cl)ccc24)CCCN(c2cccc4c(/C(N)=N/NN)cn(C)c24)C3=O)cc(C)c1Cl. The van der Waals surface area contributed by atoms with Crippen LogP contribution in [-0.2, 0) is 27.1 Å². The summed E-state index contributed by atoms with van der Waals surface area (Å²) in [5.41, 5.74) is 19.3. The molecule has 6 aromatic rings. The molecule has 270 valence electrons. The van der Waals surface area contributed by atoms with Gasteiger partial charge in [0.25, 0.3) is 5.91 Å². The summed E-state index contributed by atoms with van der Waals surface area (Å²) in [6.07, 6.45) is 3.94. The first-order valence-electron chi connectivity index (χ1n) is 17.4. The van der Waals surface area contributed by atoms with Gasteiger partial charge in [0.15, 0.2) is 5.84 Å². The van der Waals surface area contributed by atoms with Crippen LogP contribution in [0.4, 0.5) is 5.69 Å². The second-order valence-electron chi connectivity index (χ2n) is 13.6. The molecule has 52 heavy (non-hydrogen) atoms. The minimum atomic E-state index is -0.0733. The van der Waals surface area contributed by atoms with Crippen molar-refractivity contribution in [1.29, 1.82) is 0 Å². The molecular formula is C39H43Cl2N9O2. The number of hydrogen-bond donors (Lipinski definition) is 3. The number of nitrogens with zero attached hydrogens (tertiary/aromatic N) is 6. The van der Waals surface area contributed by atoms with Crippen LogP contribution in [0.3, 0.4) is 0 Å². The summed E-state index contributed by atoms with van der Waals surface area (Å²) in [4.78, 5) is 17.1. The number of benzene rings is 3. The van der Waals surface area contributed by atoms with Crippen molar-refractivity contribution in [1.82, 2.24) is 24.4 Å². The quantitative estimate of drug-likeness (QED) is 0.0472. The number of hydrazone groups is 1. The number of aromatic nitrogens is 4. The number of nitrogens with two attached hydrogens (primary N) is 2. The zero-order valence-electron chi connectivity index (χ0n) is 30.3. The predicted octanol–water partition coefficient (Wildman–Crippen LogP) is 7.22. The van der Waals surface area contributed by atoms with E-state index in [1.165, 1.54) is 0 Å². The van der Waals surface area contributed by atoms with Crippen molar-refractivity contribution in [3.63, 3.8) is 0 Å². The van der Waals surface area contributed by atoms with E-state index in [0.717, 1.165) is 89.5 Å². The summed E-state index contributed by atoms with van der Waals surface area (Å²) < 4.78 is 12.3. The van der Waals surface area contributed by atoms with Crippen LogP contribution in [0.2, 0.25) is 10.0 Å². The highest BCUT2D eigenvalue weighted by Gasteiger charge is 2.33. The number of para-hydroxylation sites is 1. The maximum Gasteiger partial charge on any atom is 0.275 e. The third-order valence-electron chi connectivity index (χ3n) is 10.2. The number of ether oxygens (including phenoxy) is 1. The third kappa shape index (κ3) is 5.86. The molecule has 1 aliphatic heterocycles. The molecule has 0 fully saturated rings. The fourth-order valence-electron chi connectivity index (χ4n) is 7.86. The average Bonchev–Trinajstić information content (AvgIpc) is 3.66. The molecule has 0 bridgehead atoms. The van der Waals surface area contributed by atoms with Gasteiger partial charge in [0, 0.05) is 71.6 Å². The van der Waals surface area contributed by atoms with Gasteiger partial charge in [-0.25, -0.2) is 11.4 Å². The lowest BCUT2D eigenvalue weighted by molar-refractivity contribution is 0.0983. The van der Waals surface area contributed by atoms with E-state index in [4.69, 9.17) is 44.6 Å². The van der Waals surface area contributed by atoms with Gasteiger partial charge in [-0.1, -0.05) is 41.4 Å². The maximum absolute atomic E-state index is 15.2. The average molecular weight is 741 g/mol. The second-order valence-corrected chi connectivity index (χ2v) is 14.3. The number of nitrogens with one attached hydrogen (secondary N) is 1. The van der Waals surface area contributed by atoms with Crippen molar-refractivity contribution in [3.8, 4) is 16.9 Å². The molecule has 13 heteroatoms. The van der Waals surface area contributed by atoms with Crippen LogP contribution in [-0.4, -0.2) is 43.8 Å². The first-order valence-corrected chi connectivity index (χ1v) is 18.1. The molecule has 5 N–H and O–H groups in total. The molecule has 0 saturated carbocycles. The molecule has 0 aliphatic carbocycles. The smallest absolute Gasteiger partial charge is 0.275 e. The van der Waals surface area contributed by atoms with Crippen LogP contribution in [0.25, 0.3) is 32.9 Å². The van der Waals surface area contributed by atoms with Crippen LogP contribution in [0, 0.1) is 27.7 Å². The predicted molar refractivity (Wildman–Crippen MR) is 211 cm³/mol. The van der Waals surface area contributed by atoms with Gasteiger partial charge in [-0.3, -0.25) is 9.48 Å². The van der Waals surface area contributed by atoms with E-state index in [1.807, 2.05) is 91.6 Å². The number of rotatable bonds is 9. The van der Waals surface area contributed by atoms with Crippen molar-refractivity contribution in [2.75, 3.05) is 18.1 Å². The van der Waals surface area contributed by atoms with Gasteiger partial charge in [-0.15, -0.1) is 5.10 Å². The molecule has 3 aromatic heterocycles. The fraction of sp³-hybridized carbons (Fsp3) is 0.308. The molecule has 0 unspecified atom stereocenters. The van der Waals surface area contributed by atoms with Gasteiger partial charge in [0.1, 0.15) is 11.4 Å². The van der Waals surface area contributed by atoms with Crippen LogP contribution in [0.5, 0.6) is 5.75 Å². The summed E-state index contributed by atoms with van der Waals surface area (Å²) in [5.74, 6) is 6.41. The monoisotopic (exact) mass is 739 g/mol. The summed E-state index contributed by atoms with van der Waals surface area (Å²) >= 11 is 13.5. The number of amides is 1. The lowest BCUT2D eigenvalue weighted by Crippen LogP contribution is -2.32. The van der Waals surface area contributed by atoms with E-state index in [0.29, 0.717) is 43.3 Å². The van der Waals surface area contributed by atoms with E-state index >= 15 is 4.79 Å². The Morgan fingerprint density at radius 2 is 1.75 bits per heavy atom. The number of carbonyl (C=O) groups is 1. The fourth-order valence-corrected chi connectivity index (χ4v) is 8.22. The maximum atomic E-state index is 15.2. The summed E-state index contributed by atoms with van der Waals surface area (Å²) in [7, 11) is 3.89. The van der Waals surface area contributed by atoms with Crippen molar-refractivity contribution < 1.29 is 9.53 Å². The zero-order valence-corrected chi connectivity index (χ0v) is 31.8. The number of anilines is 1. The van der Waals surface area contributed by atoms with Gasteiger partial charge in [0.05, 0.1) is 34.0 Å². The Labute approximate surface area is 312 Å². The summed E-state index contributed by atoms with van der Waals surface area (Å²) in [5, 5.41) is 12.0. The zero-order chi connectivity index (χ0) is 37.0. The molecule has 1 amide bonds. The van der Waals surface area contributed by atoms with Gasteiger partial charge in [0.2, 0.25) is 0 Å². The van der Waals surface area contributed by atoms with E-state index in [1.54, 1.807) is 0 Å². The molecule has 1 aliphatic rings. The third-order valence-corrected chi connectivity index (χ3v) is 11.1. The Morgan fingerprint density at radius 3 is 2.44 bits per heavy atom. The first kappa shape index (κ1) is 35.4. The molecule has 0 radical (unpaired) electrons. The van der Waals surface area contributed by atoms with Crippen LogP contribution in [0.1, 0.15) is 57.0 Å². The van der Waals surface area contributed by atoms with Crippen LogP contribution >= 0.6 is 23.2 Å². The van der Waals surface area contributed by atoms with E-state index in [9.17, 15) is 0 Å². The van der Waals surface area contributed by atoms with E-state index in [-0.39, 0.29) is 11.7 Å². The number of hydrogen-bond acceptors (Lipinski definition) is 6. The van der Waals surface area contributed by atoms with Gasteiger partial charge in [-0.2, -0.15) is 5.10 Å². The highest BCUT2D eigenvalue weighted by atomic mass is 35.5. The molecule has 0 saturated heterocycles. The largest absolute Gasteiger partial charge is 0.494 e. The molecule has 0 atom stereocenters. The Bertz CT molecular complexity index is 2400. The molecule has 3 aromatic carbocycles. The lowest BCUT2D eigenvalue weighted by Gasteiger charge is -2.23. The Kier molecular flexibility index (Phi) is 9.45. The molecule has 11 nitrogen and oxygen atoms in total. The molecule has 7 rings (SSSR count). The van der Waals surface area contributed by atoms with E-state index < -0.39 is 0 Å². The summed E-state index contributed by atoms with van der Waals surface area (Å²) in [6, 6.07) is 13.8. The minimum absolute atomic E-state index is 0.0733. The van der Waals surface area contributed by atoms with Crippen molar-refractivity contribution in [2.45, 2.75) is 53.5 Å². The van der Waals surface area contributed by atoms with E-state index in [2.05, 4.69) is 28.2 Å². The number of fused-ring (bicyclic) bond motifs is 4. The minimum Gasteiger partial charge on any atom is -0.494 e. The standard InChI is InChI=1S/C39H43Cl2N9O2/c1-21-18-25(19-22(2)34(21)41)52-17-8-11-26-28-13-14-30(40)33(32-23(3)45-48(6)24(32)4)36(28)50-16-9-15-49(39(51)37(26)50)31-12-7-10-27-29(38(42)44-46-43)20-47(5)35(27)31/h7,10,12-14,18-20,46H,8-9,11,15-17,43H2,1-6H3,(H2,42,44). The van der Waals surface area contributed by atoms with Crippen molar-refractivity contribution in [2.24, 2.45) is 30.8 Å². The Hall–Kier alpha value is -4.97. The number of carbonyl (C=O) groups excluding carboxylic acids is 1. The van der Waals surface area contributed by atoms with Gasteiger partial charge < -0.3 is 24.5 Å². The van der Waals surface area contributed by atoms with Gasteiger partial charge in [-0.05, 0) is 87.9 Å². The van der Waals surface area contributed by atoms with Gasteiger partial charge >= 0.3 is 0 Å². The topological polar surface area (TPSA) is 134 Å². The highest BCUT2D eigenvalue weighted by molar-refractivity contribution is 6.35. The molecule has 0 spiro atoms. The second kappa shape index (κ2) is 13.9. The number of aryl methyl sites for hydroxylation is 7. The van der Waals surface area contributed by atoms with Crippen molar-refractivity contribution >= 4 is 62.4 Å². The molecule has 4 heterocycles. The van der Waals surface area contributed by atoms with Crippen LogP contribution < -0.4 is 26.7 Å². The van der Waals surface area contributed by atoms with Crippen molar-refractivity contribution in [3.05, 3.63) is 98.0 Å². The lowest BCUT2D eigenvalue weighted by atomic mass is 9.98. The van der Waals surface area contributed by atoms with Crippen LogP contribution in [0.15, 0.2) is 53.8 Å².